The number of rotatable bonds is 2. The minimum absolute atomic E-state index is 0.0388. The van der Waals surface area contributed by atoms with Crippen molar-refractivity contribution in [2.75, 3.05) is 0 Å². The quantitative estimate of drug-likeness (QED) is 0.850. The predicted molar refractivity (Wildman–Crippen MR) is 111 cm³/mol. The number of amides is 2. The highest BCUT2D eigenvalue weighted by molar-refractivity contribution is 6.14. The van der Waals surface area contributed by atoms with E-state index in [4.69, 9.17) is 0 Å². The SMILES string of the molecule is CC1=C(C)C2C=CC(=NC(=O)c3ccc(-c4ccccc4)cc3)C=C2NC1=O. The smallest absolute Gasteiger partial charge is 0.277 e. The van der Waals surface area contributed by atoms with Crippen molar-refractivity contribution >= 4 is 17.5 Å². The molecular weight excluding hydrogens is 348 g/mol. The molecule has 0 aromatic heterocycles. The van der Waals surface area contributed by atoms with E-state index in [1.165, 1.54) is 0 Å². The molecule has 28 heavy (non-hydrogen) atoms. The van der Waals surface area contributed by atoms with Crippen LogP contribution in [0.15, 0.2) is 94.7 Å². The van der Waals surface area contributed by atoms with Gasteiger partial charge in [-0.1, -0.05) is 54.1 Å². The Balaban J connectivity index is 1.55. The fraction of sp³-hybridized carbons (Fsp3) is 0.125. The Morgan fingerprint density at radius 2 is 1.64 bits per heavy atom. The summed E-state index contributed by atoms with van der Waals surface area (Å²) in [5.74, 6) is -0.366. The zero-order chi connectivity index (χ0) is 19.7. The molecule has 1 unspecified atom stereocenters. The van der Waals surface area contributed by atoms with Crippen molar-refractivity contribution in [2.45, 2.75) is 13.8 Å². The molecule has 0 saturated carbocycles. The van der Waals surface area contributed by atoms with E-state index in [0.717, 1.165) is 28.0 Å². The van der Waals surface area contributed by atoms with Crippen molar-refractivity contribution in [3.8, 4) is 11.1 Å². The van der Waals surface area contributed by atoms with Gasteiger partial charge >= 0.3 is 0 Å². The van der Waals surface area contributed by atoms with E-state index in [0.29, 0.717) is 11.3 Å². The summed E-state index contributed by atoms with van der Waals surface area (Å²) in [6.45, 7) is 3.78. The highest BCUT2D eigenvalue weighted by Crippen LogP contribution is 2.30. The van der Waals surface area contributed by atoms with E-state index in [9.17, 15) is 9.59 Å². The molecule has 4 heteroatoms. The fourth-order valence-electron chi connectivity index (χ4n) is 3.41. The van der Waals surface area contributed by atoms with Gasteiger partial charge in [-0.25, -0.2) is 4.99 Å². The van der Waals surface area contributed by atoms with Crippen LogP contribution in [0.25, 0.3) is 11.1 Å². The van der Waals surface area contributed by atoms with Gasteiger partial charge in [-0.05, 0) is 49.3 Å². The first-order chi connectivity index (χ1) is 13.5. The number of fused-ring (bicyclic) bond motifs is 1. The van der Waals surface area contributed by atoms with Crippen LogP contribution in [0.3, 0.4) is 0 Å². The van der Waals surface area contributed by atoms with Crippen LogP contribution in [0.4, 0.5) is 0 Å². The number of nitrogens with zero attached hydrogens (tertiary/aromatic N) is 1. The summed E-state index contributed by atoms with van der Waals surface area (Å²) < 4.78 is 0. The number of carbonyl (C=O) groups excluding carboxylic acids is 2. The molecule has 2 aromatic rings. The summed E-state index contributed by atoms with van der Waals surface area (Å²) in [4.78, 5) is 28.8. The van der Waals surface area contributed by atoms with E-state index < -0.39 is 0 Å². The molecule has 1 N–H and O–H groups in total. The zero-order valence-electron chi connectivity index (χ0n) is 15.8. The second kappa shape index (κ2) is 7.24. The molecule has 1 aliphatic carbocycles. The third-order valence-corrected chi connectivity index (χ3v) is 5.22. The summed E-state index contributed by atoms with van der Waals surface area (Å²) in [5, 5.41) is 2.89. The molecule has 1 aliphatic heterocycles. The van der Waals surface area contributed by atoms with Crippen LogP contribution < -0.4 is 5.32 Å². The van der Waals surface area contributed by atoms with Crippen LogP contribution in [0.5, 0.6) is 0 Å². The first-order valence-electron chi connectivity index (χ1n) is 9.20. The monoisotopic (exact) mass is 368 g/mol. The molecule has 2 aliphatic rings. The van der Waals surface area contributed by atoms with E-state index in [1.54, 1.807) is 18.2 Å². The minimum Gasteiger partial charge on any atom is -0.325 e. The van der Waals surface area contributed by atoms with Crippen molar-refractivity contribution < 1.29 is 9.59 Å². The standard InChI is InChI=1S/C24H20N2O2/c1-15-16(2)23(27)26-22-14-20(12-13-21(15)22)25-24(28)19-10-8-18(9-11-19)17-6-4-3-5-7-17/h3-14,21H,1-2H3,(H,26,27). The van der Waals surface area contributed by atoms with Gasteiger partial charge in [-0.2, -0.15) is 0 Å². The summed E-state index contributed by atoms with van der Waals surface area (Å²) >= 11 is 0. The van der Waals surface area contributed by atoms with E-state index >= 15 is 0 Å². The maximum absolute atomic E-state index is 12.6. The number of nitrogens with one attached hydrogen (secondary N) is 1. The topological polar surface area (TPSA) is 58.5 Å². The molecule has 0 saturated heterocycles. The summed E-state index contributed by atoms with van der Waals surface area (Å²) in [7, 11) is 0. The van der Waals surface area contributed by atoms with Crippen molar-refractivity contribution in [2.24, 2.45) is 10.9 Å². The molecule has 4 rings (SSSR count). The molecule has 2 aromatic carbocycles. The Morgan fingerprint density at radius 3 is 2.36 bits per heavy atom. The first-order valence-corrected chi connectivity index (χ1v) is 9.20. The lowest BCUT2D eigenvalue weighted by molar-refractivity contribution is -0.117. The molecule has 0 fully saturated rings. The molecule has 1 heterocycles. The highest BCUT2D eigenvalue weighted by atomic mass is 16.2. The van der Waals surface area contributed by atoms with Crippen LogP contribution in [0, 0.1) is 5.92 Å². The summed E-state index contributed by atoms with van der Waals surface area (Å²) in [6, 6.07) is 17.4. The van der Waals surface area contributed by atoms with Crippen LogP contribution in [-0.4, -0.2) is 17.5 Å². The summed E-state index contributed by atoms with van der Waals surface area (Å²) in [6.07, 6.45) is 5.58. The number of carbonyl (C=O) groups is 2. The second-order valence-electron chi connectivity index (χ2n) is 6.98. The van der Waals surface area contributed by atoms with Crippen molar-refractivity contribution in [3.05, 3.63) is 95.2 Å². The fourth-order valence-corrected chi connectivity index (χ4v) is 3.41. The summed E-state index contributed by atoms with van der Waals surface area (Å²) in [5.41, 5.74) is 5.74. The van der Waals surface area contributed by atoms with Crippen LogP contribution in [0.1, 0.15) is 24.2 Å². The number of allylic oxidation sites excluding steroid dienone is 3. The van der Waals surface area contributed by atoms with Crippen LogP contribution in [-0.2, 0) is 4.79 Å². The van der Waals surface area contributed by atoms with E-state index in [2.05, 4.69) is 10.3 Å². The Hall–Kier alpha value is -3.53. The molecule has 4 nitrogen and oxygen atoms in total. The Labute approximate surface area is 164 Å². The van der Waals surface area contributed by atoms with Gasteiger partial charge in [0, 0.05) is 22.8 Å². The first kappa shape index (κ1) is 17.9. The molecule has 0 radical (unpaired) electrons. The van der Waals surface area contributed by atoms with Gasteiger partial charge in [0.05, 0.1) is 5.71 Å². The maximum atomic E-state index is 12.6. The lowest BCUT2D eigenvalue weighted by atomic mass is 9.85. The lowest BCUT2D eigenvalue weighted by Gasteiger charge is -2.28. The third-order valence-electron chi connectivity index (χ3n) is 5.22. The van der Waals surface area contributed by atoms with Crippen molar-refractivity contribution in [1.29, 1.82) is 0 Å². The molecule has 0 bridgehead atoms. The van der Waals surface area contributed by atoms with Gasteiger partial charge in [0.2, 0.25) is 0 Å². The number of aliphatic imine (C=N–C) groups is 1. The maximum Gasteiger partial charge on any atom is 0.277 e. The van der Waals surface area contributed by atoms with Gasteiger partial charge in [0.1, 0.15) is 0 Å². The Kier molecular flexibility index (Phi) is 4.62. The molecule has 2 amide bonds. The average molecular weight is 368 g/mol. The van der Waals surface area contributed by atoms with Crippen LogP contribution in [0.2, 0.25) is 0 Å². The van der Waals surface area contributed by atoms with Gasteiger partial charge in [0.15, 0.2) is 0 Å². The highest BCUT2D eigenvalue weighted by Gasteiger charge is 2.27. The Morgan fingerprint density at radius 1 is 0.964 bits per heavy atom. The molecule has 0 spiro atoms. The second-order valence-corrected chi connectivity index (χ2v) is 6.98. The van der Waals surface area contributed by atoms with Gasteiger partial charge in [-0.3, -0.25) is 9.59 Å². The van der Waals surface area contributed by atoms with Crippen molar-refractivity contribution in [1.82, 2.24) is 5.32 Å². The van der Waals surface area contributed by atoms with Crippen molar-refractivity contribution in [3.63, 3.8) is 0 Å². The third kappa shape index (κ3) is 3.37. The Bertz CT molecular complexity index is 1070. The van der Waals surface area contributed by atoms with Gasteiger partial charge < -0.3 is 5.32 Å². The van der Waals surface area contributed by atoms with Crippen LogP contribution >= 0.6 is 0 Å². The number of hydrogen-bond donors (Lipinski definition) is 1. The lowest BCUT2D eigenvalue weighted by Crippen LogP contribution is -2.35. The minimum atomic E-state index is -0.305. The number of benzene rings is 2. The molecular formula is C24H20N2O2. The average Bonchev–Trinajstić information content (AvgIpc) is 2.73. The molecule has 1 atom stereocenters. The van der Waals surface area contributed by atoms with Gasteiger partial charge in [-0.15, -0.1) is 0 Å². The van der Waals surface area contributed by atoms with Gasteiger partial charge in [0.25, 0.3) is 11.8 Å². The molecule has 138 valence electrons. The normalized spacial score (nSPS) is 19.9. The predicted octanol–water partition coefficient (Wildman–Crippen LogP) is 4.47. The van der Waals surface area contributed by atoms with E-state index in [1.807, 2.05) is 68.5 Å². The zero-order valence-corrected chi connectivity index (χ0v) is 15.8. The largest absolute Gasteiger partial charge is 0.325 e. The number of hydrogen-bond acceptors (Lipinski definition) is 2. The van der Waals surface area contributed by atoms with E-state index in [-0.39, 0.29) is 17.7 Å².